The Balaban J connectivity index is 1.28. The summed E-state index contributed by atoms with van der Waals surface area (Å²) in [5.41, 5.74) is 2.83. The average Bonchev–Trinajstić information content (AvgIpc) is 2.99. The third-order valence-electron chi connectivity index (χ3n) is 8.42. The van der Waals surface area contributed by atoms with Crippen molar-refractivity contribution in [2.45, 2.75) is 96.3 Å². The molecule has 0 heterocycles. The zero-order valence-corrected chi connectivity index (χ0v) is 25.1. The van der Waals surface area contributed by atoms with E-state index in [0.717, 1.165) is 82.1 Å². The van der Waals surface area contributed by atoms with E-state index in [2.05, 4.69) is 12.1 Å². The molecule has 220 valence electrons. The smallest absolute Gasteiger partial charge is 0.305 e. The highest BCUT2D eigenvalue weighted by molar-refractivity contribution is 6.30. The van der Waals surface area contributed by atoms with Crippen LogP contribution in [0.15, 0.2) is 59.9 Å². The summed E-state index contributed by atoms with van der Waals surface area (Å²) in [5, 5.41) is 0.738. The standard InChI is InChI=1S/C35H43ClO5/c1-2-40-31(37)15-9-7-5-3-4-6-8-12-24-41-35-32(33(38)29-13-10-11-14-30(29)34(35)39)27-18-16-25(17-19-27)26-20-22-28(36)23-21-26/h10-11,13-14,20-23,25,27H,2-9,12,15-19,24H2,1H3. The Kier molecular flexibility index (Phi) is 12.0. The molecule has 6 heteroatoms. The zero-order valence-electron chi connectivity index (χ0n) is 24.3. The number of hydrogen-bond acceptors (Lipinski definition) is 5. The van der Waals surface area contributed by atoms with E-state index in [1.807, 2.05) is 25.1 Å². The van der Waals surface area contributed by atoms with Crippen LogP contribution in [0.4, 0.5) is 0 Å². The molecule has 2 aliphatic rings. The number of carbonyl (C=O) groups excluding carboxylic acids is 3. The highest BCUT2D eigenvalue weighted by Gasteiger charge is 2.38. The predicted molar refractivity (Wildman–Crippen MR) is 162 cm³/mol. The van der Waals surface area contributed by atoms with Crippen molar-refractivity contribution in [1.29, 1.82) is 0 Å². The molecule has 0 unspecified atom stereocenters. The first-order chi connectivity index (χ1) is 20.0. The summed E-state index contributed by atoms with van der Waals surface area (Å²) >= 11 is 6.08. The summed E-state index contributed by atoms with van der Waals surface area (Å²) < 4.78 is 11.1. The minimum atomic E-state index is -0.155. The number of unbranched alkanes of at least 4 members (excludes halogenated alkanes) is 7. The summed E-state index contributed by atoms with van der Waals surface area (Å²) in [5.74, 6) is 0.448. The minimum absolute atomic E-state index is 0.0298. The first kappa shape index (κ1) is 31.0. The maximum absolute atomic E-state index is 13.7. The van der Waals surface area contributed by atoms with Gasteiger partial charge in [-0.05, 0) is 75.0 Å². The molecule has 0 aliphatic heterocycles. The van der Waals surface area contributed by atoms with Gasteiger partial charge in [0.05, 0.1) is 13.2 Å². The van der Waals surface area contributed by atoms with Crippen LogP contribution >= 0.6 is 11.6 Å². The quantitative estimate of drug-likeness (QED) is 0.156. The molecule has 41 heavy (non-hydrogen) atoms. The second kappa shape index (κ2) is 15.9. The zero-order chi connectivity index (χ0) is 29.0. The summed E-state index contributed by atoms with van der Waals surface area (Å²) in [7, 11) is 0. The highest BCUT2D eigenvalue weighted by Crippen LogP contribution is 2.42. The van der Waals surface area contributed by atoms with Crippen LogP contribution in [0, 0.1) is 5.92 Å². The molecule has 2 aliphatic carbocycles. The molecule has 0 N–H and O–H groups in total. The third kappa shape index (κ3) is 8.54. The SMILES string of the molecule is CCOC(=O)CCCCCCCCCCOC1=C(C2CCC(c3ccc(Cl)cc3)CC2)C(=O)c2ccccc2C1=O. The van der Waals surface area contributed by atoms with Gasteiger partial charge in [-0.2, -0.15) is 0 Å². The van der Waals surface area contributed by atoms with Gasteiger partial charge < -0.3 is 9.47 Å². The van der Waals surface area contributed by atoms with Gasteiger partial charge in [0.1, 0.15) is 0 Å². The molecule has 0 amide bonds. The molecule has 2 aromatic carbocycles. The van der Waals surface area contributed by atoms with Crippen molar-refractivity contribution in [2.75, 3.05) is 13.2 Å². The van der Waals surface area contributed by atoms with E-state index in [1.54, 1.807) is 18.2 Å². The van der Waals surface area contributed by atoms with Crippen molar-refractivity contribution in [3.05, 3.63) is 81.6 Å². The summed E-state index contributed by atoms with van der Waals surface area (Å²) in [6.45, 7) is 2.73. The van der Waals surface area contributed by atoms with Gasteiger partial charge in [-0.3, -0.25) is 14.4 Å². The average molecular weight is 579 g/mol. The van der Waals surface area contributed by atoms with Gasteiger partial charge in [0.15, 0.2) is 11.5 Å². The Morgan fingerprint density at radius 3 is 1.95 bits per heavy atom. The lowest BCUT2D eigenvalue weighted by Crippen LogP contribution is -2.29. The molecule has 0 radical (unpaired) electrons. The van der Waals surface area contributed by atoms with E-state index in [-0.39, 0.29) is 29.2 Å². The van der Waals surface area contributed by atoms with E-state index < -0.39 is 0 Å². The van der Waals surface area contributed by atoms with Crippen molar-refractivity contribution in [3.8, 4) is 0 Å². The highest BCUT2D eigenvalue weighted by atomic mass is 35.5. The van der Waals surface area contributed by atoms with Crippen LogP contribution in [0.3, 0.4) is 0 Å². The second-order valence-electron chi connectivity index (χ2n) is 11.3. The van der Waals surface area contributed by atoms with E-state index in [0.29, 0.717) is 42.3 Å². The molecule has 5 nitrogen and oxygen atoms in total. The topological polar surface area (TPSA) is 69.7 Å². The predicted octanol–water partition coefficient (Wildman–Crippen LogP) is 9.04. The Morgan fingerprint density at radius 1 is 0.756 bits per heavy atom. The number of fused-ring (bicyclic) bond motifs is 1. The maximum Gasteiger partial charge on any atom is 0.305 e. The molecule has 0 aromatic heterocycles. The van der Waals surface area contributed by atoms with Gasteiger partial charge >= 0.3 is 5.97 Å². The molecule has 1 fully saturated rings. The van der Waals surface area contributed by atoms with Crippen LogP contribution in [0.2, 0.25) is 5.02 Å². The van der Waals surface area contributed by atoms with Crippen LogP contribution < -0.4 is 0 Å². The van der Waals surface area contributed by atoms with Crippen LogP contribution in [-0.4, -0.2) is 30.7 Å². The number of ketones is 2. The largest absolute Gasteiger partial charge is 0.489 e. The van der Waals surface area contributed by atoms with Gasteiger partial charge in [0.2, 0.25) is 5.78 Å². The van der Waals surface area contributed by atoms with Crippen molar-refractivity contribution in [1.82, 2.24) is 0 Å². The Hall–Kier alpha value is -2.92. The minimum Gasteiger partial charge on any atom is -0.489 e. The fraction of sp³-hybridized carbons (Fsp3) is 0.514. The fourth-order valence-electron chi connectivity index (χ4n) is 6.18. The first-order valence-corrected chi connectivity index (χ1v) is 15.8. The van der Waals surface area contributed by atoms with Crippen molar-refractivity contribution >= 4 is 29.1 Å². The van der Waals surface area contributed by atoms with Gasteiger partial charge in [-0.25, -0.2) is 0 Å². The van der Waals surface area contributed by atoms with Gasteiger partial charge in [0.25, 0.3) is 0 Å². The molecule has 1 saturated carbocycles. The summed E-state index contributed by atoms with van der Waals surface area (Å²) in [4.78, 5) is 38.6. The number of esters is 1. The molecule has 4 rings (SSSR count). The van der Waals surface area contributed by atoms with Crippen molar-refractivity contribution in [3.63, 3.8) is 0 Å². The third-order valence-corrected chi connectivity index (χ3v) is 8.67. The molecular formula is C35H43ClO5. The van der Waals surface area contributed by atoms with E-state index in [4.69, 9.17) is 21.1 Å². The summed E-state index contributed by atoms with van der Waals surface area (Å²) in [6.07, 6.45) is 12.5. The molecule has 0 spiro atoms. The summed E-state index contributed by atoms with van der Waals surface area (Å²) in [6, 6.07) is 15.2. The number of halogens is 1. The molecule has 0 atom stereocenters. The van der Waals surface area contributed by atoms with Gasteiger partial charge in [-0.1, -0.05) is 86.5 Å². The van der Waals surface area contributed by atoms with Crippen molar-refractivity contribution < 1.29 is 23.9 Å². The number of carbonyl (C=O) groups is 3. The lowest BCUT2D eigenvalue weighted by molar-refractivity contribution is -0.143. The van der Waals surface area contributed by atoms with Crippen LogP contribution in [-0.2, 0) is 14.3 Å². The van der Waals surface area contributed by atoms with E-state index in [9.17, 15) is 14.4 Å². The maximum atomic E-state index is 13.7. The fourth-order valence-corrected chi connectivity index (χ4v) is 6.30. The number of benzene rings is 2. The molecule has 0 bridgehead atoms. The Bertz CT molecular complexity index is 1210. The van der Waals surface area contributed by atoms with Crippen molar-refractivity contribution in [2.24, 2.45) is 5.92 Å². The molecule has 0 saturated heterocycles. The van der Waals surface area contributed by atoms with E-state index >= 15 is 0 Å². The number of Topliss-reactive ketones (excluding diaryl/α,β-unsaturated/α-hetero) is 2. The number of allylic oxidation sites excluding steroid dienone is 2. The number of ether oxygens (including phenoxy) is 2. The Morgan fingerprint density at radius 2 is 1.32 bits per heavy atom. The first-order valence-electron chi connectivity index (χ1n) is 15.5. The number of hydrogen-bond donors (Lipinski definition) is 0. The van der Waals surface area contributed by atoms with Gasteiger partial charge in [-0.15, -0.1) is 0 Å². The molecule has 2 aromatic rings. The van der Waals surface area contributed by atoms with Crippen LogP contribution in [0.25, 0.3) is 0 Å². The molecular weight excluding hydrogens is 536 g/mol. The lowest BCUT2D eigenvalue weighted by Gasteiger charge is -2.32. The van der Waals surface area contributed by atoms with Gasteiger partial charge in [0, 0.05) is 28.1 Å². The lowest BCUT2D eigenvalue weighted by atomic mass is 9.72. The monoisotopic (exact) mass is 578 g/mol. The Labute approximate surface area is 249 Å². The van der Waals surface area contributed by atoms with E-state index in [1.165, 1.54) is 5.56 Å². The van der Waals surface area contributed by atoms with Crippen LogP contribution in [0.1, 0.15) is 123 Å². The normalized spacial score (nSPS) is 18.8. The van der Waals surface area contributed by atoms with Crippen LogP contribution in [0.5, 0.6) is 0 Å². The second-order valence-corrected chi connectivity index (χ2v) is 11.7. The number of rotatable bonds is 15.